The highest BCUT2D eigenvalue weighted by Gasteiger charge is 1.98. The van der Waals surface area contributed by atoms with E-state index in [1.54, 1.807) is 12.1 Å². The highest BCUT2D eigenvalue weighted by molar-refractivity contribution is 9.10. The van der Waals surface area contributed by atoms with Crippen molar-refractivity contribution in [2.45, 2.75) is 0 Å². The topological polar surface area (TPSA) is 62.7 Å². The fraction of sp³-hybridized carbons (Fsp3) is 0.375. The lowest BCUT2D eigenvalue weighted by molar-refractivity contribution is 0.0265. The zero-order valence-corrected chi connectivity index (χ0v) is 16.2. The molecule has 0 atom stereocenters. The number of hydrogen-bond acceptors (Lipinski definition) is 6. The number of pyridine rings is 2. The van der Waals surface area contributed by atoms with E-state index >= 15 is 0 Å². The van der Waals surface area contributed by atoms with Crippen LogP contribution in [-0.4, -0.2) is 49.6 Å². The summed E-state index contributed by atoms with van der Waals surface area (Å²) >= 11 is 6.58. The summed E-state index contributed by atoms with van der Waals surface area (Å²) in [6.07, 6.45) is 0. The third kappa shape index (κ3) is 8.05. The zero-order valence-electron chi connectivity index (χ0n) is 13.0. The number of hydrogen-bond donors (Lipinski definition) is 0. The van der Waals surface area contributed by atoms with Crippen LogP contribution in [0.2, 0.25) is 0 Å². The number of halogens is 2. The van der Waals surface area contributed by atoms with Gasteiger partial charge in [-0.3, -0.25) is 0 Å². The fourth-order valence-electron chi connectivity index (χ4n) is 1.67. The molecule has 8 heteroatoms. The van der Waals surface area contributed by atoms with Crippen molar-refractivity contribution >= 4 is 31.9 Å². The lowest BCUT2D eigenvalue weighted by Crippen LogP contribution is -2.13. The fourth-order valence-corrected chi connectivity index (χ4v) is 2.33. The van der Waals surface area contributed by atoms with Crippen molar-refractivity contribution in [1.82, 2.24) is 9.97 Å². The van der Waals surface area contributed by atoms with Crippen LogP contribution >= 0.6 is 31.9 Å². The van der Waals surface area contributed by atoms with Gasteiger partial charge in [-0.25, -0.2) is 9.97 Å². The molecule has 0 N–H and O–H groups in total. The second kappa shape index (κ2) is 11.4. The predicted octanol–water partition coefficient (Wildman–Crippen LogP) is 3.49. The van der Waals surface area contributed by atoms with Gasteiger partial charge in [-0.1, -0.05) is 12.1 Å². The Morgan fingerprint density at radius 1 is 0.625 bits per heavy atom. The van der Waals surface area contributed by atoms with Crippen molar-refractivity contribution in [3.63, 3.8) is 0 Å². The number of rotatable bonds is 11. The SMILES string of the molecule is Brc1cccc(OCCOCCOCCOc2cccc(Br)n2)n1. The smallest absolute Gasteiger partial charge is 0.214 e. The van der Waals surface area contributed by atoms with E-state index in [1.807, 2.05) is 24.3 Å². The maximum absolute atomic E-state index is 5.45. The molecule has 0 aromatic carbocycles. The van der Waals surface area contributed by atoms with E-state index in [9.17, 15) is 0 Å². The molecule has 2 aromatic rings. The summed E-state index contributed by atoms with van der Waals surface area (Å²) in [6.45, 7) is 2.86. The van der Waals surface area contributed by atoms with Crippen LogP contribution in [0.4, 0.5) is 0 Å². The van der Waals surface area contributed by atoms with Gasteiger partial charge in [0, 0.05) is 12.1 Å². The van der Waals surface area contributed by atoms with E-state index < -0.39 is 0 Å². The van der Waals surface area contributed by atoms with Gasteiger partial charge in [0.15, 0.2) is 0 Å². The van der Waals surface area contributed by atoms with Crippen LogP contribution in [0.1, 0.15) is 0 Å². The molecule has 0 aliphatic rings. The lowest BCUT2D eigenvalue weighted by Gasteiger charge is -2.08. The van der Waals surface area contributed by atoms with Crippen molar-refractivity contribution in [2.75, 3.05) is 39.6 Å². The molecule has 0 radical (unpaired) electrons. The number of nitrogens with zero attached hydrogens (tertiary/aromatic N) is 2. The van der Waals surface area contributed by atoms with Crippen LogP contribution in [0.15, 0.2) is 45.6 Å². The zero-order chi connectivity index (χ0) is 17.0. The molecular weight excluding hydrogens is 444 g/mol. The summed E-state index contributed by atoms with van der Waals surface area (Å²) < 4.78 is 23.2. The van der Waals surface area contributed by atoms with Crippen LogP contribution < -0.4 is 9.47 Å². The summed E-state index contributed by atoms with van der Waals surface area (Å²) in [6, 6.07) is 11.0. The Kier molecular flexibility index (Phi) is 9.04. The van der Waals surface area contributed by atoms with Crippen LogP contribution in [0, 0.1) is 0 Å². The molecule has 2 aromatic heterocycles. The van der Waals surface area contributed by atoms with Gasteiger partial charge in [-0.05, 0) is 44.0 Å². The van der Waals surface area contributed by atoms with Gasteiger partial charge in [0.2, 0.25) is 11.8 Å². The van der Waals surface area contributed by atoms with Gasteiger partial charge in [-0.15, -0.1) is 0 Å². The average Bonchev–Trinajstić information content (AvgIpc) is 2.57. The highest BCUT2D eigenvalue weighted by Crippen LogP contribution is 2.12. The first-order chi connectivity index (χ1) is 11.7. The van der Waals surface area contributed by atoms with Crippen molar-refractivity contribution in [1.29, 1.82) is 0 Å². The molecule has 0 unspecified atom stereocenters. The van der Waals surface area contributed by atoms with Gasteiger partial charge in [0.05, 0.1) is 26.4 Å². The first-order valence-corrected chi connectivity index (χ1v) is 8.99. The normalized spacial score (nSPS) is 10.6. The Balaban J connectivity index is 1.42. The second-order valence-electron chi connectivity index (χ2n) is 4.52. The molecule has 130 valence electrons. The molecule has 0 aliphatic carbocycles. The third-order valence-corrected chi connectivity index (χ3v) is 3.59. The minimum absolute atomic E-state index is 0.446. The third-order valence-electron chi connectivity index (χ3n) is 2.71. The Labute approximate surface area is 157 Å². The van der Waals surface area contributed by atoms with E-state index in [2.05, 4.69) is 41.8 Å². The van der Waals surface area contributed by atoms with Gasteiger partial charge in [-0.2, -0.15) is 0 Å². The largest absolute Gasteiger partial charge is 0.475 e. The van der Waals surface area contributed by atoms with E-state index in [0.717, 1.165) is 9.21 Å². The monoisotopic (exact) mass is 460 g/mol. The summed E-state index contributed by atoms with van der Waals surface area (Å²) in [7, 11) is 0. The van der Waals surface area contributed by atoms with Crippen LogP contribution in [0.5, 0.6) is 11.8 Å². The molecule has 0 amide bonds. The molecular formula is C16H18Br2N2O4. The first-order valence-electron chi connectivity index (χ1n) is 7.40. The Morgan fingerprint density at radius 3 is 1.46 bits per heavy atom. The van der Waals surface area contributed by atoms with Crippen molar-refractivity contribution < 1.29 is 18.9 Å². The molecule has 2 rings (SSSR count). The maximum atomic E-state index is 5.45. The summed E-state index contributed by atoms with van der Waals surface area (Å²) in [5, 5.41) is 0. The summed E-state index contributed by atoms with van der Waals surface area (Å²) in [5.74, 6) is 1.14. The van der Waals surface area contributed by atoms with Crippen molar-refractivity contribution in [3.05, 3.63) is 45.6 Å². The van der Waals surface area contributed by atoms with Gasteiger partial charge in [0.1, 0.15) is 22.4 Å². The van der Waals surface area contributed by atoms with Gasteiger partial charge < -0.3 is 18.9 Å². The summed E-state index contributed by atoms with van der Waals surface area (Å²) in [5.41, 5.74) is 0. The molecule has 6 nitrogen and oxygen atoms in total. The molecule has 0 fully saturated rings. The molecule has 0 bridgehead atoms. The molecule has 24 heavy (non-hydrogen) atoms. The van der Waals surface area contributed by atoms with Crippen LogP contribution in [-0.2, 0) is 9.47 Å². The van der Waals surface area contributed by atoms with Crippen LogP contribution in [0.25, 0.3) is 0 Å². The minimum Gasteiger partial charge on any atom is -0.475 e. The van der Waals surface area contributed by atoms with Crippen molar-refractivity contribution in [3.8, 4) is 11.8 Å². The Bertz CT molecular complexity index is 563. The highest BCUT2D eigenvalue weighted by atomic mass is 79.9. The van der Waals surface area contributed by atoms with Gasteiger partial charge >= 0.3 is 0 Å². The van der Waals surface area contributed by atoms with Crippen molar-refractivity contribution in [2.24, 2.45) is 0 Å². The number of ether oxygens (including phenoxy) is 4. The van der Waals surface area contributed by atoms with E-state index in [-0.39, 0.29) is 0 Å². The van der Waals surface area contributed by atoms with Crippen LogP contribution in [0.3, 0.4) is 0 Å². The maximum Gasteiger partial charge on any atom is 0.214 e. The average molecular weight is 462 g/mol. The summed E-state index contributed by atoms with van der Waals surface area (Å²) in [4.78, 5) is 8.33. The molecule has 0 aliphatic heterocycles. The molecule has 2 heterocycles. The molecule has 0 saturated heterocycles. The standard InChI is InChI=1S/C16H18Br2N2O4/c17-13-3-1-5-15(19-13)23-11-9-21-7-8-22-10-12-24-16-6-2-4-14(18)20-16/h1-6H,7-12H2. The van der Waals surface area contributed by atoms with E-state index in [4.69, 9.17) is 18.9 Å². The second-order valence-corrected chi connectivity index (χ2v) is 6.14. The minimum atomic E-state index is 0.446. The van der Waals surface area contributed by atoms with E-state index in [0.29, 0.717) is 51.4 Å². The van der Waals surface area contributed by atoms with Gasteiger partial charge in [0.25, 0.3) is 0 Å². The Hall–Kier alpha value is -1.22. The lowest BCUT2D eigenvalue weighted by atomic mass is 10.5. The number of aromatic nitrogens is 2. The molecule has 0 spiro atoms. The predicted molar refractivity (Wildman–Crippen MR) is 96.5 cm³/mol. The quantitative estimate of drug-likeness (QED) is 0.377. The Morgan fingerprint density at radius 2 is 1.04 bits per heavy atom. The molecule has 0 saturated carbocycles. The first kappa shape index (κ1) is 19.1. The van der Waals surface area contributed by atoms with E-state index in [1.165, 1.54) is 0 Å².